The minimum atomic E-state index is -0.249. The molecule has 2 aromatic rings. The molecule has 4 rings (SSSR count). The lowest BCUT2D eigenvalue weighted by atomic mass is 9.84. The first-order chi connectivity index (χ1) is 13.7. The SMILES string of the molecule is Cl.NCC(NC(=O)c1occc1CN1C(=O)Cc2ccccc21)C1CCCCC1. The third-order valence-electron chi connectivity index (χ3n) is 6.00. The van der Waals surface area contributed by atoms with E-state index in [1.165, 1.54) is 25.5 Å². The molecule has 0 radical (unpaired) electrons. The lowest BCUT2D eigenvalue weighted by molar-refractivity contribution is -0.117. The van der Waals surface area contributed by atoms with E-state index < -0.39 is 0 Å². The molecule has 156 valence electrons. The first-order valence-electron chi connectivity index (χ1n) is 10.1. The zero-order valence-electron chi connectivity index (χ0n) is 16.4. The molecule has 6 nitrogen and oxygen atoms in total. The minimum absolute atomic E-state index is 0. The van der Waals surface area contributed by atoms with Gasteiger partial charge in [0, 0.05) is 23.8 Å². The highest BCUT2D eigenvalue weighted by molar-refractivity contribution is 6.01. The van der Waals surface area contributed by atoms with Crippen molar-refractivity contribution in [1.29, 1.82) is 0 Å². The zero-order valence-corrected chi connectivity index (χ0v) is 17.2. The van der Waals surface area contributed by atoms with Crippen LogP contribution in [0.5, 0.6) is 0 Å². The van der Waals surface area contributed by atoms with E-state index in [1.54, 1.807) is 11.0 Å². The monoisotopic (exact) mass is 417 g/mol. The van der Waals surface area contributed by atoms with Crippen molar-refractivity contribution in [2.75, 3.05) is 11.4 Å². The van der Waals surface area contributed by atoms with Crippen molar-refractivity contribution in [2.45, 2.75) is 51.1 Å². The van der Waals surface area contributed by atoms with Crippen LogP contribution in [0.4, 0.5) is 5.69 Å². The predicted molar refractivity (Wildman–Crippen MR) is 114 cm³/mol. The van der Waals surface area contributed by atoms with Crippen LogP contribution in [0.15, 0.2) is 41.0 Å². The number of anilines is 1. The molecule has 2 aliphatic rings. The van der Waals surface area contributed by atoms with Crippen molar-refractivity contribution in [1.82, 2.24) is 5.32 Å². The molecule has 1 unspecified atom stereocenters. The van der Waals surface area contributed by atoms with Crippen molar-refractivity contribution >= 4 is 29.9 Å². The van der Waals surface area contributed by atoms with Crippen molar-refractivity contribution in [3.8, 4) is 0 Å². The first-order valence-corrected chi connectivity index (χ1v) is 10.1. The van der Waals surface area contributed by atoms with Crippen LogP contribution >= 0.6 is 12.4 Å². The van der Waals surface area contributed by atoms with Gasteiger partial charge in [0.1, 0.15) is 0 Å². The summed E-state index contributed by atoms with van der Waals surface area (Å²) in [5.41, 5.74) is 8.58. The van der Waals surface area contributed by atoms with E-state index in [0.717, 1.165) is 24.1 Å². The molecule has 3 N–H and O–H groups in total. The van der Waals surface area contributed by atoms with E-state index in [0.29, 0.717) is 31.0 Å². The Labute approximate surface area is 177 Å². The average molecular weight is 418 g/mol. The third kappa shape index (κ3) is 4.49. The van der Waals surface area contributed by atoms with Crippen LogP contribution in [0.3, 0.4) is 0 Å². The maximum absolute atomic E-state index is 12.9. The number of hydrogen-bond acceptors (Lipinski definition) is 4. The van der Waals surface area contributed by atoms with E-state index in [2.05, 4.69) is 5.32 Å². The second-order valence-corrected chi connectivity index (χ2v) is 7.77. The smallest absolute Gasteiger partial charge is 0.287 e. The van der Waals surface area contributed by atoms with E-state index >= 15 is 0 Å². The van der Waals surface area contributed by atoms with E-state index in [-0.39, 0.29) is 36.0 Å². The molecule has 1 aliphatic carbocycles. The van der Waals surface area contributed by atoms with Gasteiger partial charge in [-0.2, -0.15) is 0 Å². The molecule has 0 saturated heterocycles. The predicted octanol–water partition coefficient (Wildman–Crippen LogP) is 3.43. The van der Waals surface area contributed by atoms with Gasteiger partial charge in [-0.05, 0) is 36.5 Å². The van der Waals surface area contributed by atoms with Gasteiger partial charge in [-0.3, -0.25) is 9.59 Å². The maximum Gasteiger partial charge on any atom is 0.287 e. The summed E-state index contributed by atoms with van der Waals surface area (Å²) in [4.78, 5) is 27.0. The van der Waals surface area contributed by atoms with Gasteiger partial charge in [-0.1, -0.05) is 37.5 Å². The molecule has 1 atom stereocenters. The third-order valence-corrected chi connectivity index (χ3v) is 6.00. The van der Waals surface area contributed by atoms with Gasteiger partial charge in [0.05, 0.1) is 19.2 Å². The number of carbonyl (C=O) groups is 2. The highest BCUT2D eigenvalue weighted by atomic mass is 35.5. The number of amides is 2. The number of rotatable bonds is 6. The molecule has 0 bridgehead atoms. The molecule has 7 heteroatoms. The van der Waals surface area contributed by atoms with Crippen LogP contribution in [0.1, 0.15) is 53.8 Å². The van der Waals surface area contributed by atoms with Crippen molar-refractivity contribution in [2.24, 2.45) is 11.7 Å². The summed E-state index contributed by atoms with van der Waals surface area (Å²) < 4.78 is 5.50. The average Bonchev–Trinajstić information content (AvgIpc) is 3.31. The Hall–Kier alpha value is -2.31. The van der Waals surface area contributed by atoms with Gasteiger partial charge >= 0.3 is 0 Å². The molecule has 1 aliphatic heterocycles. The van der Waals surface area contributed by atoms with Crippen LogP contribution in [-0.4, -0.2) is 24.4 Å². The highest BCUT2D eigenvalue weighted by Crippen LogP contribution is 2.31. The molecule has 1 fully saturated rings. The largest absolute Gasteiger partial charge is 0.459 e. The molecular formula is C22H28ClN3O3. The zero-order chi connectivity index (χ0) is 19.5. The summed E-state index contributed by atoms with van der Waals surface area (Å²) in [6, 6.07) is 9.48. The topological polar surface area (TPSA) is 88.6 Å². The van der Waals surface area contributed by atoms with Crippen molar-refractivity contribution in [3.05, 3.63) is 53.5 Å². The highest BCUT2D eigenvalue weighted by Gasteiger charge is 2.30. The second kappa shape index (κ2) is 9.46. The number of nitrogens with zero attached hydrogens (tertiary/aromatic N) is 1. The van der Waals surface area contributed by atoms with Crippen molar-refractivity contribution in [3.63, 3.8) is 0 Å². The Morgan fingerprint density at radius 3 is 2.72 bits per heavy atom. The molecule has 29 heavy (non-hydrogen) atoms. The molecule has 1 aromatic carbocycles. The van der Waals surface area contributed by atoms with Crippen LogP contribution in [0.2, 0.25) is 0 Å². The Morgan fingerprint density at radius 1 is 1.21 bits per heavy atom. The lowest BCUT2D eigenvalue weighted by Gasteiger charge is -2.30. The number of hydrogen-bond donors (Lipinski definition) is 2. The van der Waals surface area contributed by atoms with Crippen LogP contribution in [0.25, 0.3) is 0 Å². The fraction of sp³-hybridized carbons (Fsp3) is 0.455. The Bertz CT molecular complexity index is 860. The quantitative estimate of drug-likeness (QED) is 0.753. The summed E-state index contributed by atoms with van der Waals surface area (Å²) >= 11 is 0. The van der Waals surface area contributed by atoms with E-state index in [4.69, 9.17) is 10.2 Å². The first kappa shape index (κ1) is 21.4. The minimum Gasteiger partial charge on any atom is -0.459 e. The number of benzene rings is 1. The molecule has 2 amide bonds. The summed E-state index contributed by atoms with van der Waals surface area (Å²) in [7, 11) is 0. The van der Waals surface area contributed by atoms with Crippen molar-refractivity contribution < 1.29 is 14.0 Å². The molecule has 1 aromatic heterocycles. The van der Waals surface area contributed by atoms with Crippen LogP contribution < -0.4 is 16.0 Å². The number of nitrogens with one attached hydrogen (secondary N) is 1. The molecule has 1 saturated carbocycles. The fourth-order valence-electron chi connectivity index (χ4n) is 4.46. The standard InChI is InChI=1S/C22H27N3O3.ClH/c23-13-18(15-6-2-1-3-7-15)24-22(27)21-17(10-11-28-21)14-25-19-9-5-4-8-16(19)12-20(25)26;/h4-5,8-11,15,18H,1-3,6-7,12-14,23H2,(H,24,27);1H. The van der Waals surface area contributed by atoms with Gasteiger partial charge in [0.2, 0.25) is 5.91 Å². The maximum atomic E-state index is 12.9. The number of fused-ring (bicyclic) bond motifs is 1. The normalized spacial score (nSPS) is 17.6. The second-order valence-electron chi connectivity index (χ2n) is 7.77. The van der Waals surface area contributed by atoms with E-state index in [1.807, 2.05) is 24.3 Å². The number of halogens is 1. The molecular weight excluding hydrogens is 390 g/mol. The summed E-state index contributed by atoms with van der Waals surface area (Å²) in [5, 5.41) is 3.07. The number of carbonyl (C=O) groups excluding carboxylic acids is 2. The summed E-state index contributed by atoms with van der Waals surface area (Å²) in [5.74, 6) is 0.483. The summed E-state index contributed by atoms with van der Waals surface area (Å²) in [6.45, 7) is 0.746. The van der Waals surface area contributed by atoms with Gasteiger partial charge in [0.15, 0.2) is 5.76 Å². The molecule has 0 spiro atoms. The van der Waals surface area contributed by atoms with Gasteiger partial charge in [-0.25, -0.2) is 0 Å². The van der Waals surface area contributed by atoms with Gasteiger partial charge in [0.25, 0.3) is 5.91 Å². The van der Waals surface area contributed by atoms with Gasteiger partial charge in [-0.15, -0.1) is 12.4 Å². The number of para-hydroxylation sites is 1. The molecule has 2 heterocycles. The summed E-state index contributed by atoms with van der Waals surface area (Å²) in [6.07, 6.45) is 7.76. The Kier molecular flexibility index (Phi) is 6.98. The van der Waals surface area contributed by atoms with Gasteiger partial charge < -0.3 is 20.4 Å². The fourth-order valence-corrected chi connectivity index (χ4v) is 4.46. The van der Waals surface area contributed by atoms with E-state index in [9.17, 15) is 9.59 Å². The number of nitrogens with two attached hydrogens (primary N) is 1. The lowest BCUT2D eigenvalue weighted by Crippen LogP contribution is -2.46. The number of furan rings is 1. The Balaban J connectivity index is 0.00000240. The Morgan fingerprint density at radius 2 is 1.97 bits per heavy atom. The van der Waals surface area contributed by atoms with Crippen LogP contribution in [0, 0.1) is 5.92 Å². The van der Waals surface area contributed by atoms with Crippen LogP contribution in [-0.2, 0) is 17.8 Å².